The zero-order valence-electron chi connectivity index (χ0n) is 8.42. The topological polar surface area (TPSA) is 54.0 Å². The van der Waals surface area contributed by atoms with Gasteiger partial charge in [-0.3, -0.25) is 9.78 Å². The lowest BCUT2D eigenvalue weighted by Gasteiger charge is -2.30. The first kappa shape index (κ1) is 8.85. The molecule has 4 heteroatoms. The average Bonchev–Trinajstić information content (AvgIpc) is 2.55. The molecule has 1 fully saturated rings. The highest BCUT2D eigenvalue weighted by atomic mass is 16.2. The molecule has 2 aliphatic heterocycles. The molecule has 0 bridgehead atoms. The summed E-state index contributed by atoms with van der Waals surface area (Å²) >= 11 is 0. The van der Waals surface area contributed by atoms with Crippen LogP contribution < -0.4 is 10.6 Å². The van der Waals surface area contributed by atoms with Crippen LogP contribution in [0.15, 0.2) is 18.3 Å². The van der Waals surface area contributed by atoms with Crippen LogP contribution in [0, 0.1) is 0 Å². The number of fused-ring (bicyclic) bond motifs is 2. The van der Waals surface area contributed by atoms with Gasteiger partial charge in [0.2, 0.25) is 5.91 Å². The van der Waals surface area contributed by atoms with Crippen LogP contribution in [0.3, 0.4) is 0 Å². The molecule has 0 radical (unpaired) electrons. The van der Waals surface area contributed by atoms with Gasteiger partial charge in [-0.15, -0.1) is 0 Å². The van der Waals surface area contributed by atoms with Crippen molar-refractivity contribution in [1.29, 1.82) is 0 Å². The molecule has 4 nitrogen and oxygen atoms in total. The number of pyridine rings is 1. The van der Waals surface area contributed by atoms with Crippen LogP contribution in [-0.2, 0) is 10.2 Å². The number of carbonyl (C=O) groups excluding carboxylic acids is 1. The Kier molecular flexibility index (Phi) is 1.79. The number of amides is 1. The molecule has 3 heterocycles. The largest absolute Gasteiger partial charge is 0.324 e. The molecule has 3 rings (SSSR count). The number of nitrogens with one attached hydrogen (secondary N) is 2. The van der Waals surface area contributed by atoms with Crippen molar-refractivity contribution in [2.24, 2.45) is 0 Å². The summed E-state index contributed by atoms with van der Waals surface area (Å²) in [5.74, 6) is 0.100. The second kappa shape index (κ2) is 3.03. The van der Waals surface area contributed by atoms with Crippen LogP contribution in [0.5, 0.6) is 0 Å². The van der Waals surface area contributed by atoms with Gasteiger partial charge in [-0.2, -0.15) is 0 Å². The van der Waals surface area contributed by atoms with Crippen molar-refractivity contribution in [3.63, 3.8) is 0 Å². The number of rotatable bonds is 0. The zero-order chi connectivity index (χ0) is 10.3. The molecule has 0 aliphatic carbocycles. The molecule has 0 aromatic carbocycles. The molecule has 0 unspecified atom stereocenters. The third kappa shape index (κ3) is 1.11. The summed E-state index contributed by atoms with van der Waals surface area (Å²) in [5, 5.41) is 6.20. The molecule has 15 heavy (non-hydrogen) atoms. The van der Waals surface area contributed by atoms with Crippen LogP contribution in [0.4, 0.5) is 5.69 Å². The minimum Gasteiger partial charge on any atom is -0.324 e. The molecule has 1 amide bonds. The summed E-state index contributed by atoms with van der Waals surface area (Å²) in [6.07, 6.45) is 3.69. The second-order valence-corrected chi connectivity index (χ2v) is 4.22. The molecule has 1 saturated heterocycles. The van der Waals surface area contributed by atoms with Gasteiger partial charge in [0.15, 0.2) is 0 Å². The maximum Gasteiger partial charge on any atom is 0.238 e. The third-order valence-corrected chi connectivity index (χ3v) is 3.33. The van der Waals surface area contributed by atoms with E-state index in [0.717, 1.165) is 30.8 Å². The number of carbonyl (C=O) groups is 1. The van der Waals surface area contributed by atoms with Crippen LogP contribution in [0.1, 0.15) is 18.5 Å². The van der Waals surface area contributed by atoms with Gasteiger partial charge < -0.3 is 10.6 Å². The fourth-order valence-electron chi connectivity index (χ4n) is 2.54. The first-order valence-corrected chi connectivity index (χ1v) is 5.31. The van der Waals surface area contributed by atoms with E-state index in [2.05, 4.69) is 15.6 Å². The smallest absolute Gasteiger partial charge is 0.238 e. The van der Waals surface area contributed by atoms with E-state index in [1.165, 1.54) is 0 Å². The van der Waals surface area contributed by atoms with Crippen molar-refractivity contribution in [1.82, 2.24) is 10.3 Å². The Morgan fingerprint density at radius 3 is 3.20 bits per heavy atom. The number of nitrogens with zero attached hydrogens (tertiary/aromatic N) is 1. The van der Waals surface area contributed by atoms with E-state index >= 15 is 0 Å². The summed E-state index contributed by atoms with van der Waals surface area (Å²) < 4.78 is 0. The molecule has 1 atom stereocenters. The summed E-state index contributed by atoms with van der Waals surface area (Å²) in [7, 11) is 0. The minimum absolute atomic E-state index is 0.100. The SMILES string of the molecule is O=C1Nc2cccnc2[C@]12CCCNC2. The van der Waals surface area contributed by atoms with Crippen molar-refractivity contribution >= 4 is 11.6 Å². The van der Waals surface area contributed by atoms with E-state index in [-0.39, 0.29) is 5.91 Å². The lowest BCUT2D eigenvalue weighted by Crippen LogP contribution is -2.48. The number of anilines is 1. The first-order chi connectivity index (χ1) is 7.33. The molecule has 1 aromatic rings. The Bertz CT molecular complexity index is 410. The molecular formula is C11H13N3O. The lowest BCUT2D eigenvalue weighted by atomic mass is 9.78. The normalized spacial score (nSPS) is 28.9. The van der Waals surface area contributed by atoms with Gasteiger partial charge in [0.1, 0.15) is 5.41 Å². The Labute approximate surface area is 88.1 Å². The van der Waals surface area contributed by atoms with Crippen molar-refractivity contribution in [3.05, 3.63) is 24.0 Å². The lowest BCUT2D eigenvalue weighted by molar-refractivity contribution is -0.121. The monoisotopic (exact) mass is 203 g/mol. The van der Waals surface area contributed by atoms with Gasteiger partial charge in [0, 0.05) is 12.7 Å². The van der Waals surface area contributed by atoms with E-state index in [4.69, 9.17) is 0 Å². The summed E-state index contributed by atoms with van der Waals surface area (Å²) in [4.78, 5) is 16.4. The molecule has 2 aliphatic rings. The molecule has 78 valence electrons. The van der Waals surface area contributed by atoms with Crippen LogP contribution >= 0.6 is 0 Å². The second-order valence-electron chi connectivity index (χ2n) is 4.22. The number of piperidine rings is 1. The van der Waals surface area contributed by atoms with Gasteiger partial charge in [0.05, 0.1) is 11.4 Å². The van der Waals surface area contributed by atoms with E-state index in [1.54, 1.807) is 6.20 Å². The van der Waals surface area contributed by atoms with Crippen LogP contribution in [0.2, 0.25) is 0 Å². The zero-order valence-corrected chi connectivity index (χ0v) is 8.42. The Morgan fingerprint density at radius 2 is 2.40 bits per heavy atom. The van der Waals surface area contributed by atoms with Gasteiger partial charge >= 0.3 is 0 Å². The van der Waals surface area contributed by atoms with Gasteiger partial charge in [-0.25, -0.2) is 0 Å². The average molecular weight is 203 g/mol. The highest BCUT2D eigenvalue weighted by molar-refractivity contribution is 6.05. The maximum atomic E-state index is 12.0. The standard InChI is InChI=1S/C11H13N3O/c15-10-11(4-2-5-12-7-11)9-8(14-10)3-1-6-13-9/h1,3,6,12H,2,4-5,7H2,(H,14,15)/t11-/m1/s1. The van der Waals surface area contributed by atoms with Crippen molar-refractivity contribution in [2.75, 3.05) is 18.4 Å². The molecule has 0 saturated carbocycles. The first-order valence-electron chi connectivity index (χ1n) is 5.31. The Morgan fingerprint density at radius 1 is 1.47 bits per heavy atom. The van der Waals surface area contributed by atoms with E-state index in [0.29, 0.717) is 6.54 Å². The summed E-state index contributed by atoms with van der Waals surface area (Å²) in [5.41, 5.74) is 1.39. The highest BCUT2D eigenvalue weighted by Crippen LogP contribution is 2.40. The Balaban J connectivity index is 2.11. The van der Waals surface area contributed by atoms with Gasteiger partial charge in [-0.05, 0) is 31.5 Å². The number of aromatic nitrogens is 1. The number of hydrogen-bond donors (Lipinski definition) is 2. The van der Waals surface area contributed by atoms with Gasteiger partial charge in [0.25, 0.3) is 0 Å². The van der Waals surface area contributed by atoms with Crippen molar-refractivity contribution < 1.29 is 4.79 Å². The molecule has 1 spiro atoms. The number of hydrogen-bond acceptors (Lipinski definition) is 3. The predicted octanol–water partition coefficient (Wildman–Crippen LogP) is 0.655. The predicted molar refractivity (Wildman–Crippen MR) is 56.6 cm³/mol. The van der Waals surface area contributed by atoms with Gasteiger partial charge in [-0.1, -0.05) is 0 Å². The molecule has 2 N–H and O–H groups in total. The van der Waals surface area contributed by atoms with Crippen molar-refractivity contribution in [2.45, 2.75) is 18.3 Å². The highest BCUT2D eigenvalue weighted by Gasteiger charge is 2.48. The van der Waals surface area contributed by atoms with E-state index in [9.17, 15) is 4.79 Å². The summed E-state index contributed by atoms with van der Waals surface area (Å²) in [6, 6.07) is 3.78. The quantitative estimate of drug-likeness (QED) is 0.651. The maximum absolute atomic E-state index is 12.0. The third-order valence-electron chi connectivity index (χ3n) is 3.33. The summed E-state index contributed by atoms with van der Waals surface area (Å²) in [6.45, 7) is 1.71. The van der Waals surface area contributed by atoms with Crippen LogP contribution in [-0.4, -0.2) is 24.0 Å². The van der Waals surface area contributed by atoms with Crippen molar-refractivity contribution in [3.8, 4) is 0 Å². The minimum atomic E-state index is -0.408. The molecule has 1 aromatic heterocycles. The van der Waals surface area contributed by atoms with E-state index in [1.807, 2.05) is 12.1 Å². The van der Waals surface area contributed by atoms with E-state index < -0.39 is 5.41 Å². The Hall–Kier alpha value is -1.42. The fourth-order valence-corrected chi connectivity index (χ4v) is 2.54. The van der Waals surface area contributed by atoms with Crippen LogP contribution in [0.25, 0.3) is 0 Å². The fraction of sp³-hybridized carbons (Fsp3) is 0.455. The molecular weight excluding hydrogens is 190 g/mol.